The molecule has 0 saturated heterocycles. The lowest BCUT2D eigenvalue weighted by atomic mass is 10.0. The summed E-state index contributed by atoms with van der Waals surface area (Å²) in [6.07, 6.45) is 3.03. The highest BCUT2D eigenvalue weighted by Crippen LogP contribution is 2.06. The van der Waals surface area contributed by atoms with Crippen LogP contribution in [0.15, 0.2) is 11.6 Å². The van der Waals surface area contributed by atoms with Gasteiger partial charge in [-0.05, 0) is 19.8 Å². The molecule has 2 atom stereocenters. The predicted molar refractivity (Wildman–Crippen MR) is 62.7 cm³/mol. The van der Waals surface area contributed by atoms with Gasteiger partial charge in [-0.3, -0.25) is 0 Å². The molecule has 0 aromatic heterocycles. The van der Waals surface area contributed by atoms with Crippen molar-refractivity contribution >= 4 is 5.97 Å². The number of hydrogen-bond acceptors (Lipinski definition) is 3. The number of carbonyl (C=O) groups excluding carboxylic acids is 1. The average molecular weight is 213 g/mol. The van der Waals surface area contributed by atoms with Gasteiger partial charge in [0.15, 0.2) is 0 Å². The molecule has 0 bridgehead atoms. The third-order valence-corrected chi connectivity index (χ3v) is 2.85. The van der Waals surface area contributed by atoms with Crippen LogP contribution >= 0.6 is 0 Å². The Morgan fingerprint density at radius 3 is 2.53 bits per heavy atom. The Morgan fingerprint density at radius 2 is 2.07 bits per heavy atom. The highest BCUT2D eigenvalue weighted by molar-refractivity contribution is 5.87. The summed E-state index contributed by atoms with van der Waals surface area (Å²) in [5.74, 6) is 0.393. The molecule has 0 radical (unpaired) electrons. The van der Waals surface area contributed by atoms with Crippen molar-refractivity contribution in [3.05, 3.63) is 11.6 Å². The van der Waals surface area contributed by atoms with Crippen LogP contribution < -0.4 is 5.32 Å². The molecule has 0 aliphatic rings. The average Bonchev–Trinajstić information content (AvgIpc) is 2.26. The van der Waals surface area contributed by atoms with Crippen molar-refractivity contribution in [2.75, 3.05) is 13.7 Å². The smallest absolute Gasteiger partial charge is 0.333 e. The van der Waals surface area contributed by atoms with E-state index in [1.165, 1.54) is 7.11 Å². The Balaban J connectivity index is 3.92. The molecule has 3 nitrogen and oxygen atoms in total. The van der Waals surface area contributed by atoms with Crippen LogP contribution in [0.25, 0.3) is 0 Å². The molecule has 3 heteroatoms. The fraction of sp³-hybridized carbons (Fsp3) is 0.750. The molecule has 0 saturated carbocycles. The first kappa shape index (κ1) is 14.2. The van der Waals surface area contributed by atoms with Crippen LogP contribution in [-0.2, 0) is 9.53 Å². The molecule has 0 aliphatic carbocycles. The standard InChI is InChI=1S/C12H23NO2/c1-6-9(2)11(4)13-8-7-10(3)12(14)15-5/h7,9,11,13H,6,8H2,1-5H3/b10-7-. The molecule has 0 amide bonds. The summed E-state index contributed by atoms with van der Waals surface area (Å²) in [6, 6.07) is 0.469. The van der Waals surface area contributed by atoms with Crippen molar-refractivity contribution in [2.45, 2.75) is 40.2 Å². The predicted octanol–water partition coefficient (Wildman–Crippen LogP) is 2.13. The summed E-state index contributed by atoms with van der Waals surface area (Å²) in [5, 5.41) is 3.36. The largest absolute Gasteiger partial charge is 0.466 e. The minimum absolute atomic E-state index is 0.256. The van der Waals surface area contributed by atoms with Crippen LogP contribution in [0.1, 0.15) is 34.1 Å². The molecule has 0 heterocycles. The van der Waals surface area contributed by atoms with Crippen molar-refractivity contribution in [3.63, 3.8) is 0 Å². The first-order valence-electron chi connectivity index (χ1n) is 5.51. The van der Waals surface area contributed by atoms with Gasteiger partial charge in [-0.25, -0.2) is 4.79 Å². The topological polar surface area (TPSA) is 38.3 Å². The number of ether oxygens (including phenoxy) is 1. The molecule has 0 rings (SSSR count). The van der Waals surface area contributed by atoms with Gasteiger partial charge in [0.1, 0.15) is 0 Å². The van der Waals surface area contributed by atoms with Crippen LogP contribution in [-0.4, -0.2) is 25.7 Å². The summed E-state index contributed by atoms with van der Waals surface area (Å²) in [6.45, 7) is 9.04. The second-order valence-electron chi connectivity index (χ2n) is 3.96. The van der Waals surface area contributed by atoms with E-state index in [1.54, 1.807) is 6.92 Å². The minimum atomic E-state index is -0.256. The van der Waals surface area contributed by atoms with E-state index in [0.29, 0.717) is 24.1 Å². The van der Waals surface area contributed by atoms with Gasteiger partial charge >= 0.3 is 5.97 Å². The van der Waals surface area contributed by atoms with Crippen molar-refractivity contribution in [1.82, 2.24) is 5.32 Å². The van der Waals surface area contributed by atoms with Crippen LogP contribution in [0, 0.1) is 5.92 Å². The lowest BCUT2D eigenvalue weighted by Gasteiger charge is -2.18. The Bertz CT molecular complexity index is 224. The summed E-state index contributed by atoms with van der Waals surface area (Å²) < 4.78 is 4.60. The van der Waals surface area contributed by atoms with Crippen LogP contribution in [0.3, 0.4) is 0 Å². The Kier molecular flexibility index (Phi) is 7.05. The van der Waals surface area contributed by atoms with Gasteiger partial charge in [-0.15, -0.1) is 0 Å². The molecule has 0 fully saturated rings. The summed E-state index contributed by atoms with van der Waals surface area (Å²) >= 11 is 0. The highest BCUT2D eigenvalue weighted by atomic mass is 16.5. The van der Waals surface area contributed by atoms with E-state index in [9.17, 15) is 4.79 Å². The Hall–Kier alpha value is -0.830. The number of rotatable bonds is 6. The fourth-order valence-corrected chi connectivity index (χ4v) is 1.20. The monoisotopic (exact) mass is 213 g/mol. The molecular weight excluding hydrogens is 190 g/mol. The van der Waals surface area contributed by atoms with Crippen LogP contribution in [0.2, 0.25) is 0 Å². The van der Waals surface area contributed by atoms with E-state index in [-0.39, 0.29) is 5.97 Å². The number of hydrogen-bond donors (Lipinski definition) is 1. The number of esters is 1. The molecule has 0 aromatic rings. The summed E-state index contributed by atoms with van der Waals surface area (Å²) in [5.41, 5.74) is 0.654. The maximum Gasteiger partial charge on any atom is 0.333 e. The zero-order valence-corrected chi connectivity index (χ0v) is 10.5. The number of nitrogens with one attached hydrogen (secondary N) is 1. The first-order valence-corrected chi connectivity index (χ1v) is 5.51. The summed E-state index contributed by atoms with van der Waals surface area (Å²) in [4.78, 5) is 11.1. The molecule has 0 aromatic carbocycles. The Morgan fingerprint density at radius 1 is 1.47 bits per heavy atom. The van der Waals surface area contributed by atoms with Gasteiger partial charge in [-0.1, -0.05) is 26.3 Å². The molecule has 15 heavy (non-hydrogen) atoms. The van der Waals surface area contributed by atoms with E-state index in [0.717, 1.165) is 6.42 Å². The van der Waals surface area contributed by atoms with Gasteiger partial charge in [0.2, 0.25) is 0 Å². The number of carbonyl (C=O) groups is 1. The molecule has 0 aliphatic heterocycles. The van der Waals surface area contributed by atoms with Crippen molar-refractivity contribution in [2.24, 2.45) is 5.92 Å². The van der Waals surface area contributed by atoms with E-state index in [2.05, 4.69) is 30.8 Å². The zero-order valence-electron chi connectivity index (χ0n) is 10.5. The third kappa shape index (κ3) is 5.57. The minimum Gasteiger partial charge on any atom is -0.466 e. The Labute approximate surface area is 92.9 Å². The maximum absolute atomic E-state index is 11.1. The van der Waals surface area contributed by atoms with E-state index >= 15 is 0 Å². The van der Waals surface area contributed by atoms with Crippen molar-refractivity contribution in [3.8, 4) is 0 Å². The van der Waals surface area contributed by atoms with Gasteiger partial charge in [0.25, 0.3) is 0 Å². The number of methoxy groups -OCH3 is 1. The zero-order chi connectivity index (χ0) is 11.8. The van der Waals surface area contributed by atoms with Crippen molar-refractivity contribution in [1.29, 1.82) is 0 Å². The van der Waals surface area contributed by atoms with Crippen molar-refractivity contribution < 1.29 is 9.53 Å². The van der Waals surface area contributed by atoms with E-state index < -0.39 is 0 Å². The fourth-order valence-electron chi connectivity index (χ4n) is 1.20. The third-order valence-electron chi connectivity index (χ3n) is 2.85. The van der Waals surface area contributed by atoms with E-state index in [1.807, 2.05) is 6.08 Å². The lowest BCUT2D eigenvalue weighted by Crippen LogP contribution is -2.32. The van der Waals surface area contributed by atoms with Gasteiger partial charge in [0.05, 0.1) is 7.11 Å². The van der Waals surface area contributed by atoms with E-state index in [4.69, 9.17) is 0 Å². The molecule has 88 valence electrons. The quantitative estimate of drug-likeness (QED) is 0.542. The first-order chi connectivity index (χ1) is 7.02. The lowest BCUT2D eigenvalue weighted by molar-refractivity contribution is -0.136. The normalized spacial score (nSPS) is 15.9. The summed E-state index contributed by atoms with van der Waals surface area (Å²) in [7, 11) is 1.40. The second-order valence-corrected chi connectivity index (χ2v) is 3.96. The molecule has 0 spiro atoms. The second kappa shape index (κ2) is 7.46. The molecule has 1 N–H and O–H groups in total. The maximum atomic E-state index is 11.1. The van der Waals surface area contributed by atoms with Gasteiger partial charge in [0, 0.05) is 18.2 Å². The van der Waals surface area contributed by atoms with Crippen LogP contribution in [0.4, 0.5) is 0 Å². The SMILES string of the molecule is CCC(C)C(C)NC/C=C(/C)C(=O)OC. The molecular formula is C12H23NO2. The van der Waals surface area contributed by atoms with Crippen LogP contribution in [0.5, 0.6) is 0 Å². The van der Waals surface area contributed by atoms with Gasteiger partial charge < -0.3 is 10.1 Å². The van der Waals surface area contributed by atoms with Gasteiger partial charge in [-0.2, -0.15) is 0 Å². The highest BCUT2D eigenvalue weighted by Gasteiger charge is 2.08. The molecule has 2 unspecified atom stereocenters.